The maximum atomic E-state index is 12.5. The van der Waals surface area contributed by atoms with Crippen LogP contribution in [-0.2, 0) is 4.79 Å². The van der Waals surface area contributed by atoms with E-state index in [1.165, 1.54) is 38.5 Å². The third-order valence-electron chi connectivity index (χ3n) is 8.76. The van der Waals surface area contributed by atoms with Crippen LogP contribution in [0.1, 0.15) is 71.6 Å². The highest BCUT2D eigenvalue weighted by Crippen LogP contribution is 2.64. The fourth-order valence-electron chi connectivity index (χ4n) is 7.70. The van der Waals surface area contributed by atoms with E-state index in [2.05, 4.69) is 80.3 Å². The van der Waals surface area contributed by atoms with Gasteiger partial charge in [-0.1, -0.05) is 35.1 Å². The van der Waals surface area contributed by atoms with Crippen molar-refractivity contribution >= 4 is 80.0 Å². The summed E-state index contributed by atoms with van der Waals surface area (Å²) in [6.45, 7) is 4.48. The van der Waals surface area contributed by atoms with Crippen LogP contribution in [0.15, 0.2) is 0 Å². The van der Waals surface area contributed by atoms with Gasteiger partial charge < -0.3 is 5.11 Å². The number of hydrogen-bond donors (Lipinski definition) is 1. The molecule has 4 saturated carbocycles. The summed E-state index contributed by atoms with van der Waals surface area (Å²) in [5.41, 5.74) is -0.156. The lowest BCUT2D eigenvalue weighted by molar-refractivity contribution is -0.129. The van der Waals surface area contributed by atoms with Gasteiger partial charge in [0.1, 0.15) is 6.66 Å². The second-order valence-corrected chi connectivity index (χ2v) is 16.8. The summed E-state index contributed by atoms with van der Waals surface area (Å²) in [5.74, 6) is 4.83. The van der Waals surface area contributed by atoms with Crippen LogP contribution in [0, 0.1) is 40.9 Å². The van der Waals surface area contributed by atoms with Gasteiger partial charge in [0.15, 0.2) is 0 Å². The van der Waals surface area contributed by atoms with Gasteiger partial charge in [-0.2, -0.15) is 0 Å². The summed E-state index contributed by atoms with van der Waals surface area (Å²) in [6, 6.07) is 0. The minimum absolute atomic E-state index is 0.263. The SMILES string of the molecule is C[C@@]1(O)CC[C@H]2[C@H](CC[C@@H]3[C@@H]2CC[C@]2(C)[C@@H](C(=O)CBr)CC[C@@H]32)C1.S=C(I)I. The zero-order valence-corrected chi connectivity index (χ0v) is 23.7. The van der Waals surface area contributed by atoms with Gasteiger partial charge in [0.25, 0.3) is 0 Å². The smallest absolute Gasteiger partial charge is 0.147 e. The van der Waals surface area contributed by atoms with Crippen molar-refractivity contribution in [3.8, 4) is 0 Å². The van der Waals surface area contributed by atoms with Crippen LogP contribution in [0.4, 0.5) is 0 Å². The van der Waals surface area contributed by atoms with E-state index in [1.807, 2.05) is 6.92 Å². The predicted molar refractivity (Wildman–Crippen MR) is 141 cm³/mol. The molecule has 0 radical (unpaired) electrons. The van der Waals surface area contributed by atoms with Crippen molar-refractivity contribution in [1.82, 2.24) is 0 Å². The van der Waals surface area contributed by atoms with E-state index in [0.29, 0.717) is 17.0 Å². The standard InChI is InChI=1S/C21H33BrO2.CI2S/c1-20(24)9-7-14-13(11-20)3-4-16-15(14)8-10-21(2)17(16)5-6-18(21)19(23)12-22;2-1(3)4/h13-18,24H,3-12H2,1-2H3;/t13-,14+,15-,16-,17+,18-,20-,21+;/m1./s1. The Hall–Kier alpha value is 1.66. The van der Waals surface area contributed by atoms with Crippen molar-refractivity contribution in [3.05, 3.63) is 0 Å². The van der Waals surface area contributed by atoms with Gasteiger partial charge >= 0.3 is 0 Å². The molecule has 0 spiro atoms. The first kappa shape index (κ1) is 24.3. The van der Waals surface area contributed by atoms with E-state index < -0.39 is 5.60 Å². The fraction of sp³-hybridized carbons (Fsp3) is 0.909. The normalized spacial score (nSPS) is 47.1. The van der Waals surface area contributed by atoms with Crippen molar-refractivity contribution in [3.63, 3.8) is 0 Å². The van der Waals surface area contributed by atoms with Crippen LogP contribution >= 0.6 is 73.3 Å². The first-order chi connectivity index (χ1) is 13.1. The van der Waals surface area contributed by atoms with E-state index >= 15 is 0 Å². The van der Waals surface area contributed by atoms with Gasteiger partial charge in [0, 0.05) is 5.92 Å². The van der Waals surface area contributed by atoms with Crippen molar-refractivity contribution in [1.29, 1.82) is 0 Å². The Kier molecular flexibility index (Phi) is 8.38. The lowest BCUT2D eigenvalue weighted by atomic mass is 9.49. The van der Waals surface area contributed by atoms with Gasteiger partial charge in [-0.25, -0.2) is 0 Å². The molecule has 0 unspecified atom stereocenters. The minimum atomic E-state index is -0.419. The van der Waals surface area contributed by atoms with E-state index in [4.69, 9.17) is 0 Å². The molecule has 2 nitrogen and oxygen atoms in total. The molecule has 6 heteroatoms. The van der Waals surface area contributed by atoms with Crippen molar-refractivity contribution in [2.24, 2.45) is 40.9 Å². The maximum absolute atomic E-state index is 12.5. The number of carbonyl (C=O) groups is 1. The quantitative estimate of drug-likeness (QED) is 0.145. The van der Waals surface area contributed by atoms with Crippen LogP contribution in [-0.4, -0.2) is 22.7 Å². The third-order valence-corrected chi connectivity index (χ3v) is 9.31. The van der Waals surface area contributed by atoms with Gasteiger partial charge in [0.05, 0.1) is 10.9 Å². The zero-order valence-electron chi connectivity index (χ0n) is 16.9. The summed E-state index contributed by atoms with van der Waals surface area (Å²) < 4.78 is 0.940. The van der Waals surface area contributed by atoms with Crippen LogP contribution in [0.2, 0.25) is 0 Å². The highest BCUT2D eigenvalue weighted by atomic mass is 127. The Morgan fingerprint density at radius 1 is 1.04 bits per heavy atom. The summed E-state index contributed by atoms with van der Waals surface area (Å²) in [4.78, 5) is 12.5. The largest absolute Gasteiger partial charge is 0.390 e. The van der Waals surface area contributed by atoms with E-state index in [0.717, 1.165) is 49.7 Å². The molecule has 4 aliphatic carbocycles. The summed E-state index contributed by atoms with van der Waals surface area (Å²) in [5, 5.41) is 11.0. The molecule has 0 aromatic heterocycles. The molecular formula is C22H33BrI2O2S. The Morgan fingerprint density at radius 2 is 1.68 bits per heavy atom. The van der Waals surface area contributed by atoms with Gasteiger partial charge in [0.2, 0.25) is 0 Å². The summed E-state index contributed by atoms with van der Waals surface area (Å²) in [7, 11) is 0. The van der Waals surface area contributed by atoms with Crippen LogP contribution in [0.25, 0.3) is 0 Å². The number of aliphatic hydroxyl groups is 1. The average Bonchev–Trinajstić information content (AvgIpc) is 2.96. The molecule has 4 rings (SSSR count). The van der Waals surface area contributed by atoms with Gasteiger partial charge in [-0.15, -0.1) is 0 Å². The number of rotatable bonds is 2. The summed E-state index contributed by atoms with van der Waals surface area (Å²) >= 11 is 12.1. The van der Waals surface area contributed by atoms with Crippen LogP contribution in [0.3, 0.4) is 0 Å². The molecule has 0 amide bonds. The predicted octanol–water partition coefficient (Wildman–Crippen LogP) is 7.11. The van der Waals surface area contributed by atoms with Gasteiger partial charge in [-0.05, 0) is 145 Å². The number of fused-ring (bicyclic) bond motifs is 5. The number of carbonyl (C=O) groups excluding carboxylic acids is 1. The van der Waals surface area contributed by atoms with E-state index in [9.17, 15) is 9.90 Å². The molecule has 0 aromatic carbocycles. The number of thiocarbonyl (C=S) groups is 1. The molecule has 0 saturated heterocycles. The molecule has 4 aliphatic rings. The van der Waals surface area contributed by atoms with E-state index in [1.54, 1.807) is 0 Å². The highest BCUT2D eigenvalue weighted by molar-refractivity contribution is 14.2. The Bertz CT molecular complexity index is 609. The zero-order chi connectivity index (χ0) is 20.7. The molecule has 4 fully saturated rings. The number of alkyl halides is 1. The molecule has 28 heavy (non-hydrogen) atoms. The Balaban J connectivity index is 0.000000516. The lowest BCUT2D eigenvalue weighted by Gasteiger charge is -2.56. The monoisotopic (exact) mass is 694 g/mol. The fourth-order valence-corrected chi connectivity index (χ4v) is 8.09. The maximum Gasteiger partial charge on any atom is 0.147 e. The topological polar surface area (TPSA) is 37.3 Å². The first-order valence-electron chi connectivity index (χ1n) is 10.7. The van der Waals surface area contributed by atoms with Crippen molar-refractivity contribution in [2.75, 3.05) is 5.33 Å². The molecule has 160 valence electrons. The highest BCUT2D eigenvalue weighted by Gasteiger charge is 2.58. The average molecular weight is 695 g/mol. The van der Waals surface area contributed by atoms with Gasteiger partial charge in [-0.3, -0.25) is 4.79 Å². The Morgan fingerprint density at radius 3 is 2.32 bits per heavy atom. The number of ketones is 1. The third kappa shape index (κ3) is 5.01. The van der Waals surface area contributed by atoms with Crippen molar-refractivity contribution < 1.29 is 9.90 Å². The molecule has 0 heterocycles. The molecule has 0 aromatic rings. The van der Waals surface area contributed by atoms with Crippen molar-refractivity contribution in [2.45, 2.75) is 77.2 Å². The number of Topliss-reactive ketones (excluding diaryl/α,β-unsaturated/α-hetero) is 1. The second-order valence-electron chi connectivity index (χ2n) is 10.2. The molecule has 0 aliphatic heterocycles. The van der Waals surface area contributed by atoms with Crippen LogP contribution in [0.5, 0.6) is 0 Å². The molecular weight excluding hydrogens is 662 g/mol. The second kappa shape index (κ2) is 9.65. The lowest BCUT2D eigenvalue weighted by Crippen LogP contribution is -2.51. The van der Waals surface area contributed by atoms with Crippen LogP contribution < -0.4 is 0 Å². The molecule has 0 bridgehead atoms. The molecule has 1 N–H and O–H groups in total. The number of hydrogen-bond acceptors (Lipinski definition) is 3. The summed E-state index contributed by atoms with van der Waals surface area (Å²) in [6.07, 6.45) is 10.9. The Labute approximate surface area is 211 Å². The number of halogens is 3. The molecule has 8 atom stereocenters. The first-order valence-corrected chi connectivity index (χ1v) is 14.4. The van der Waals surface area contributed by atoms with E-state index in [-0.39, 0.29) is 5.41 Å². The minimum Gasteiger partial charge on any atom is -0.390 e.